The Balaban J connectivity index is 2.66. The number of rotatable bonds is 2. The average Bonchev–Trinajstić information content (AvgIpc) is 1.93. The molecule has 0 amide bonds. The predicted octanol–water partition coefficient (Wildman–Crippen LogP) is 1.45. The number of nitrogens with two attached hydrogens (primary N) is 1. The van der Waals surface area contributed by atoms with E-state index in [2.05, 4.69) is 4.98 Å². The highest BCUT2D eigenvalue weighted by Crippen LogP contribution is 2.09. The van der Waals surface area contributed by atoms with Crippen LogP contribution in [0.25, 0.3) is 0 Å². The van der Waals surface area contributed by atoms with E-state index in [1.807, 2.05) is 13.8 Å². The Hall–Kier alpha value is -1.25. The number of ether oxygens (including phenoxy) is 1. The minimum absolute atomic E-state index is 0.158. The lowest BCUT2D eigenvalue weighted by Crippen LogP contribution is -2.06. The summed E-state index contributed by atoms with van der Waals surface area (Å²) in [5.41, 5.74) is 6.09. The van der Waals surface area contributed by atoms with Gasteiger partial charge in [-0.15, -0.1) is 0 Å². The van der Waals surface area contributed by atoms with E-state index in [4.69, 9.17) is 10.5 Å². The van der Waals surface area contributed by atoms with E-state index in [1.54, 1.807) is 18.3 Å². The monoisotopic (exact) mass is 152 g/mol. The van der Waals surface area contributed by atoms with Gasteiger partial charge >= 0.3 is 0 Å². The molecule has 0 aliphatic heterocycles. The number of nitrogens with zero attached hydrogens (tertiary/aromatic N) is 1. The Bertz CT molecular complexity index is 218. The van der Waals surface area contributed by atoms with Crippen molar-refractivity contribution in [1.82, 2.24) is 4.98 Å². The van der Waals surface area contributed by atoms with Gasteiger partial charge in [-0.25, -0.2) is 4.98 Å². The molecular formula is C8H12N2O. The minimum atomic E-state index is 0.158. The van der Waals surface area contributed by atoms with Crippen LogP contribution in [0.4, 0.5) is 5.69 Å². The number of hydrogen-bond acceptors (Lipinski definition) is 3. The van der Waals surface area contributed by atoms with Crippen molar-refractivity contribution in [2.45, 2.75) is 20.0 Å². The highest BCUT2D eigenvalue weighted by molar-refractivity contribution is 5.35. The van der Waals surface area contributed by atoms with Gasteiger partial charge in [0.1, 0.15) is 0 Å². The van der Waals surface area contributed by atoms with Crippen LogP contribution in [0.15, 0.2) is 18.3 Å². The van der Waals surface area contributed by atoms with Crippen molar-refractivity contribution in [3.8, 4) is 5.88 Å². The van der Waals surface area contributed by atoms with Crippen molar-refractivity contribution in [1.29, 1.82) is 0 Å². The number of nitrogen functional groups attached to an aromatic ring is 1. The predicted molar refractivity (Wildman–Crippen MR) is 44.4 cm³/mol. The molecule has 1 aromatic rings. The lowest BCUT2D eigenvalue weighted by molar-refractivity contribution is 0.232. The summed E-state index contributed by atoms with van der Waals surface area (Å²) in [5, 5.41) is 0. The van der Waals surface area contributed by atoms with Crippen LogP contribution in [0.3, 0.4) is 0 Å². The van der Waals surface area contributed by atoms with Gasteiger partial charge in [0.2, 0.25) is 5.88 Å². The fourth-order valence-corrected chi connectivity index (χ4v) is 0.703. The highest BCUT2D eigenvalue weighted by Gasteiger charge is 1.96. The Labute approximate surface area is 66.2 Å². The molecule has 0 aliphatic rings. The molecule has 0 bridgehead atoms. The SMILES string of the molecule is CC(C)Oc1ccc(N)cn1. The van der Waals surface area contributed by atoms with E-state index in [1.165, 1.54) is 0 Å². The molecule has 0 radical (unpaired) electrons. The maximum absolute atomic E-state index is 5.44. The van der Waals surface area contributed by atoms with Gasteiger partial charge in [-0.2, -0.15) is 0 Å². The van der Waals surface area contributed by atoms with E-state index >= 15 is 0 Å². The lowest BCUT2D eigenvalue weighted by atomic mass is 10.4. The van der Waals surface area contributed by atoms with Gasteiger partial charge in [0, 0.05) is 6.07 Å². The Morgan fingerprint density at radius 1 is 1.45 bits per heavy atom. The number of anilines is 1. The molecule has 1 heterocycles. The zero-order chi connectivity index (χ0) is 8.27. The minimum Gasteiger partial charge on any atom is -0.475 e. The van der Waals surface area contributed by atoms with Gasteiger partial charge < -0.3 is 10.5 Å². The van der Waals surface area contributed by atoms with E-state index in [0.717, 1.165) is 0 Å². The Morgan fingerprint density at radius 3 is 2.64 bits per heavy atom. The molecule has 0 aliphatic carbocycles. The maximum Gasteiger partial charge on any atom is 0.213 e. The van der Waals surface area contributed by atoms with Crippen molar-refractivity contribution >= 4 is 5.69 Å². The molecule has 11 heavy (non-hydrogen) atoms. The summed E-state index contributed by atoms with van der Waals surface area (Å²) >= 11 is 0. The quantitative estimate of drug-likeness (QED) is 0.697. The molecule has 60 valence electrons. The molecule has 0 unspecified atom stereocenters. The first-order valence-electron chi connectivity index (χ1n) is 3.56. The molecule has 0 fully saturated rings. The smallest absolute Gasteiger partial charge is 0.213 e. The zero-order valence-corrected chi connectivity index (χ0v) is 6.74. The maximum atomic E-state index is 5.44. The summed E-state index contributed by atoms with van der Waals surface area (Å²) in [6.45, 7) is 3.91. The molecular weight excluding hydrogens is 140 g/mol. The summed E-state index contributed by atoms with van der Waals surface area (Å²) in [6.07, 6.45) is 1.74. The first kappa shape index (κ1) is 7.85. The Kier molecular flexibility index (Phi) is 2.31. The van der Waals surface area contributed by atoms with Gasteiger partial charge in [-0.05, 0) is 19.9 Å². The molecule has 1 rings (SSSR count). The third-order valence-electron chi connectivity index (χ3n) is 1.12. The van der Waals surface area contributed by atoms with Crippen LogP contribution < -0.4 is 10.5 Å². The first-order chi connectivity index (χ1) is 5.18. The van der Waals surface area contributed by atoms with E-state index < -0.39 is 0 Å². The molecule has 0 spiro atoms. The van der Waals surface area contributed by atoms with Crippen LogP contribution in [-0.4, -0.2) is 11.1 Å². The average molecular weight is 152 g/mol. The van der Waals surface area contributed by atoms with Crippen LogP contribution >= 0.6 is 0 Å². The van der Waals surface area contributed by atoms with Crippen LogP contribution in [0.1, 0.15) is 13.8 Å². The highest BCUT2D eigenvalue weighted by atomic mass is 16.5. The van der Waals surface area contributed by atoms with Gasteiger partial charge in [-0.3, -0.25) is 0 Å². The van der Waals surface area contributed by atoms with E-state index in [-0.39, 0.29) is 6.10 Å². The number of pyridine rings is 1. The van der Waals surface area contributed by atoms with Crippen molar-refractivity contribution < 1.29 is 4.74 Å². The summed E-state index contributed by atoms with van der Waals surface area (Å²) in [6, 6.07) is 3.53. The Morgan fingerprint density at radius 2 is 2.18 bits per heavy atom. The molecule has 3 nitrogen and oxygen atoms in total. The topological polar surface area (TPSA) is 48.1 Å². The van der Waals surface area contributed by atoms with Crippen molar-refractivity contribution in [2.75, 3.05) is 5.73 Å². The third kappa shape index (κ3) is 2.45. The van der Waals surface area contributed by atoms with Crippen LogP contribution in [-0.2, 0) is 0 Å². The molecule has 1 aromatic heterocycles. The number of hydrogen-bond donors (Lipinski definition) is 1. The number of aromatic nitrogens is 1. The van der Waals surface area contributed by atoms with Gasteiger partial charge in [0.15, 0.2) is 0 Å². The second-order valence-electron chi connectivity index (χ2n) is 2.60. The molecule has 0 aromatic carbocycles. The zero-order valence-electron chi connectivity index (χ0n) is 6.74. The van der Waals surface area contributed by atoms with Crippen molar-refractivity contribution in [2.24, 2.45) is 0 Å². The largest absolute Gasteiger partial charge is 0.475 e. The van der Waals surface area contributed by atoms with Crippen molar-refractivity contribution in [3.63, 3.8) is 0 Å². The second kappa shape index (κ2) is 3.23. The molecule has 0 saturated heterocycles. The normalized spacial score (nSPS) is 10.1. The van der Waals surface area contributed by atoms with Crippen molar-refractivity contribution in [3.05, 3.63) is 18.3 Å². The van der Waals surface area contributed by atoms with Crippen LogP contribution in [0.5, 0.6) is 5.88 Å². The first-order valence-corrected chi connectivity index (χ1v) is 3.56. The lowest BCUT2D eigenvalue weighted by Gasteiger charge is -2.07. The second-order valence-corrected chi connectivity index (χ2v) is 2.60. The van der Waals surface area contributed by atoms with E-state index in [0.29, 0.717) is 11.6 Å². The van der Waals surface area contributed by atoms with E-state index in [9.17, 15) is 0 Å². The van der Waals surface area contributed by atoms with Gasteiger partial charge in [0.05, 0.1) is 18.0 Å². The van der Waals surface area contributed by atoms with Crippen LogP contribution in [0.2, 0.25) is 0 Å². The van der Waals surface area contributed by atoms with Crippen LogP contribution in [0, 0.1) is 0 Å². The standard InChI is InChI=1S/C8H12N2O/c1-6(2)11-8-4-3-7(9)5-10-8/h3-6H,9H2,1-2H3. The molecule has 2 N–H and O–H groups in total. The van der Waals surface area contributed by atoms with Gasteiger partial charge in [0.25, 0.3) is 0 Å². The summed E-state index contributed by atoms with van der Waals surface area (Å²) in [5.74, 6) is 0.620. The summed E-state index contributed by atoms with van der Waals surface area (Å²) < 4.78 is 5.30. The summed E-state index contributed by atoms with van der Waals surface area (Å²) in [4.78, 5) is 3.97. The molecule has 3 heteroatoms. The fraction of sp³-hybridized carbons (Fsp3) is 0.375. The molecule has 0 saturated carbocycles. The molecule has 0 atom stereocenters. The van der Waals surface area contributed by atoms with Gasteiger partial charge in [-0.1, -0.05) is 0 Å². The third-order valence-corrected chi connectivity index (χ3v) is 1.12. The fourth-order valence-electron chi connectivity index (χ4n) is 0.703. The summed E-state index contributed by atoms with van der Waals surface area (Å²) in [7, 11) is 0.